The third-order valence-corrected chi connectivity index (χ3v) is 5.93. The van der Waals surface area contributed by atoms with Crippen LogP contribution in [0.4, 0.5) is 0 Å². The van der Waals surface area contributed by atoms with Crippen LogP contribution in [0, 0.1) is 6.08 Å². The molecule has 0 aliphatic heterocycles. The van der Waals surface area contributed by atoms with Crippen LogP contribution in [0.25, 0.3) is 21.5 Å². The summed E-state index contributed by atoms with van der Waals surface area (Å²) in [7, 11) is 0. The van der Waals surface area contributed by atoms with E-state index in [-0.39, 0.29) is 24.8 Å². The fourth-order valence-electron chi connectivity index (χ4n) is 2.35. The van der Waals surface area contributed by atoms with Crippen LogP contribution in [-0.4, -0.2) is 3.21 Å². The van der Waals surface area contributed by atoms with Gasteiger partial charge in [0.15, 0.2) is 0 Å². The zero-order valence-corrected chi connectivity index (χ0v) is 21.0. The fourth-order valence-corrected chi connectivity index (χ4v) is 3.37. The molecule has 1 saturated carbocycles. The van der Waals surface area contributed by atoms with Gasteiger partial charge >= 0.3 is 40.3 Å². The summed E-state index contributed by atoms with van der Waals surface area (Å²) in [5.41, 5.74) is 0. The standard InChI is InChI=1S/C13H7Br2.C5H5.C3H4.2ClH.Zr/c14-10-3-1-8-5-9-2-4-11(15)7-13(9)12(8)6-10;1-2-4-5-3-1;1-2-3-1;;;/h1-7H;1-3H,4H2;1-2H2;2*1H;/q2*-1;;;;+2/p-2. The summed E-state index contributed by atoms with van der Waals surface area (Å²) in [5, 5.41) is 5.21. The number of halogens is 4. The van der Waals surface area contributed by atoms with Crippen molar-refractivity contribution >= 4 is 56.6 Å². The minimum atomic E-state index is 0. The monoisotopic (exact) mass is 586 g/mol. The number of hydrogen-bond donors (Lipinski definition) is 0. The molecular weight excluding hydrogens is 574 g/mol. The number of allylic oxidation sites excluding steroid dienone is 4. The van der Waals surface area contributed by atoms with Gasteiger partial charge in [-0.2, -0.15) is 6.08 Å². The first-order valence-electron chi connectivity index (χ1n) is 7.86. The summed E-state index contributed by atoms with van der Waals surface area (Å²) < 4.78 is 4.01. The van der Waals surface area contributed by atoms with E-state index in [1.807, 2.05) is 12.2 Å². The van der Waals surface area contributed by atoms with Gasteiger partial charge in [0.25, 0.3) is 0 Å². The molecule has 0 amide bonds. The zero-order chi connectivity index (χ0) is 16.9. The van der Waals surface area contributed by atoms with Gasteiger partial charge in [0.05, 0.1) is 0 Å². The molecule has 5 rings (SSSR count). The van der Waals surface area contributed by atoms with Crippen LogP contribution in [-0.2, 0) is 24.2 Å². The molecule has 134 valence electrons. The normalized spacial score (nSPS) is 13.3. The predicted molar refractivity (Wildman–Crippen MR) is 108 cm³/mol. The maximum atomic E-state index is 3.51. The molecule has 5 heteroatoms. The first kappa shape index (κ1) is 24.1. The molecular formula is C21H16Br2Cl2Zr-2. The molecule has 3 aromatic carbocycles. The molecule has 1 fully saturated rings. The molecule has 0 unspecified atom stereocenters. The maximum absolute atomic E-state index is 3.51. The first-order valence-corrected chi connectivity index (χ1v) is 10.7. The SMILES string of the molecule is Brc1ccc2[cH-]c3ccc(Br)cc3c2c1.[C-]1=CC=CC1.[Cl-].[Cl-].[Zr+2]=[C]1CC1. The molecule has 0 nitrogen and oxygen atoms in total. The Bertz CT molecular complexity index is 869. The number of benzene rings is 2. The van der Waals surface area contributed by atoms with Crippen molar-refractivity contribution in [3.8, 4) is 0 Å². The third kappa shape index (κ3) is 7.25. The van der Waals surface area contributed by atoms with Gasteiger partial charge in [-0.25, -0.2) is 12.2 Å². The van der Waals surface area contributed by atoms with E-state index in [0.29, 0.717) is 0 Å². The van der Waals surface area contributed by atoms with Crippen molar-refractivity contribution in [2.75, 3.05) is 0 Å². The summed E-state index contributed by atoms with van der Waals surface area (Å²) in [6.07, 6.45) is 12.9. The molecule has 0 aromatic heterocycles. The van der Waals surface area contributed by atoms with Gasteiger partial charge < -0.3 is 24.8 Å². The van der Waals surface area contributed by atoms with Crippen molar-refractivity contribution in [3.63, 3.8) is 0 Å². The summed E-state index contributed by atoms with van der Waals surface area (Å²) in [6.45, 7) is 0. The molecule has 0 spiro atoms. The van der Waals surface area contributed by atoms with Crippen LogP contribution in [0.5, 0.6) is 0 Å². The van der Waals surface area contributed by atoms with Crippen molar-refractivity contribution in [1.82, 2.24) is 0 Å². The van der Waals surface area contributed by atoms with Crippen LogP contribution in [0.3, 0.4) is 0 Å². The van der Waals surface area contributed by atoms with E-state index >= 15 is 0 Å². The van der Waals surface area contributed by atoms with Crippen molar-refractivity contribution in [2.45, 2.75) is 19.3 Å². The molecule has 0 saturated heterocycles. The van der Waals surface area contributed by atoms with Gasteiger partial charge in [-0.15, -0.1) is 46.2 Å². The Morgan fingerprint density at radius 3 is 1.69 bits per heavy atom. The van der Waals surface area contributed by atoms with Gasteiger partial charge in [0, 0.05) is 8.95 Å². The quantitative estimate of drug-likeness (QED) is 0.344. The van der Waals surface area contributed by atoms with Crippen LogP contribution in [0.2, 0.25) is 0 Å². The van der Waals surface area contributed by atoms with E-state index in [0.717, 1.165) is 15.4 Å². The van der Waals surface area contributed by atoms with E-state index in [4.69, 9.17) is 0 Å². The average molecular weight is 590 g/mol. The Hall–Kier alpha value is 0.0831. The molecule has 26 heavy (non-hydrogen) atoms. The number of hydrogen-bond acceptors (Lipinski definition) is 0. The molecule has 0 radical (unpaired) electrons. The summed E-state index contributed by atoms with van der Waals surface area (Å²) >= 11 is 8.68. The van der Waals surface area contributed by atoms with Crippen molar-refractivity contribution in [3.05, 3.63) is 75.7 Å². The van der Waals surface area contributed by atoms with E-state index in [9.17, 15) is 0 Å². The molecule has 3 aromatic rings. The zero-order valence-electron chi connectivity index (χ0n) is 13.9. The van der Waals surface area contributed by atoms with Crippen LogP contribution >= 0.6 is 31.9 Å². The van der Waals surface area contributed by atoms with Gasteiger partial charge in [-0.3, -0.25) is 6.08 Å². The Morgan fingerprint density at radius 1 is 0.885 bits per heavy atom. The van der Waals surface area contributed by atoms with E-state index in [1.54, 1.807) is 27.4 Å². The topological polar surface area (TPSA) is 0 Å². The Kier molecular flexibility index (Phi) is 11.0. The van der Waals surface area contributed by atoms with Gasteiger partial charge in [0.2, 0.25) is 0 Å². The van der Waals surface area contributed by atoms with E-state index in [1.165, 1.54) is 34.4 Å². The summed E-state index contributed by atoms with van der Waals surface area (Å²) in [6, 6.07) is 15.0. The minimum absolute atomic E-state index is 0. The van der Waals surface area contributed by atoms with Crippen LogP contribution in [0.1, 0.15) is 19.3 Å². The van der Waals surface area contributed by atoms with E-state index in [2.05, 4.69) is 86.5 Å². The summed E-state index contributed by atoms with van der Waals surface area (Å²) in [5.74, 6) is 0. The van der Waals surface area contributed by atoms with Gasteiger partial charge in [-0.1, -0.05) is 56.1 Å². The third-order valence-electron chi connectivity index (χ3n) is 3.72. The van der Waals surface area contributed by atoms with Crippen molar-refractivity contribution < 1.29 is 49.0 Å². The molecule has 2 aliphatic rings. The van der Waals surface area contributed by atoms with Crippen molar-refractivity contribution in [1.29, 1.82) is 0 Å². The molecule has 0 bridgehead atoms. The second kappa shape index (κ2) is 11.8. The number of rotatable bonds is 0. The Morgan fingerprint density at radius 2 is 1.38 bits per heavy atom. The van der Waals surface area contributed by atoms with Crippen molar-refractivity contribution in [2.24, 2.45) is 0 Å². The molecule has 0 N–H and O–H groups in total. The number of fused-ring (bicyclic) bond motifs is 3. The predicted octanol–water partition coefficient (Wildman–Crippen LogP) is 1.05. The first-order chi connectivity index (χ1) is 11.6. The van der Waals surface area contributed by atoms with E-state index < -0.39 is 0 Å². The second-order valence-electron chi connectivity index (χ2n) is 5.71. The molecule has 0 heterocycles. The van der Waals surface area contributed by atoms with Gasteiger partial charge in [-0.05, 0) is 0 Å². The average Bonchev–Trinajstić information content (AvgIpc) is 3.07. The summed E-state index contributed by atoms with van der Waals surface area (Å²) in [4.78, 5) is 0. The Balaban J connectivity index is 0.000000255. The second-order valence-corrected chi connectivity index (χ2v) is 9.28. The van der Waals surface area contributed by atoms with Crippen LogP contribution < -0.4 is 24.8 Å². The molecule has 2 aliphatic carbocycles. The molecule has 0 atom stereocenters. The Labute approximate surface area is 198 Å². The fraction of sp³-hybridized carbons (Fsp3) is 0.143. The van der Waals surface area contributed by atoms with Gasteiger partial charge in [0.1, 0.15) is 0 Å². The van der Waals surface area contributed by atoms with Crippen LogP contribution in [0.15, 0.2) is 69.6 Å².